The Morgan fingerprint density at radius 2 is 0.688 bits per heavy atom. The molecule has 0 aromatic heterocycles. The number of hydrogen-bond acceptors (Lipinski definition) is 4. The van der Waals surface area contributed by atoms with E-state index in [2.05, 4.69) is 0 Å². The van der Waals surface area contributed by atoms with Gasteiger partial charge in [-0.2, -0.15) is 0 Å². The molecule has 0 aliphatic heterocycles. The Balaban J connectivity index is 1.98. The molecule has 4 rings (SSSR count). The molecule has 0 spiro atoms. The Morgan fingerprint density at radius 3 is 1.03 bits per heavy atom. The SMILES string of the molecule is O=S(=O)(c1ccccc1Cl)c1ccccc1-c1ccccc1S(=O)(=O)c1ccccc1Cl. The van der Waals surface area contributed by atoms with Gasteiger partial charge in [0.2, 0.25) is 19.7 Å². The van der Waals surface area contributed by atoms with Crippen molar-refractivity contribution in [3.8, 4) is 11.1 Å². The number of benzene rings is 4. The molecule has 0 aliphatic rings. The maximum Gasteiger partial charge on any atom is 0.208 e. The van der Waals surface area contributed by atoms with Gasteiger partial charge in [0.1, 0.15) is 0 Å². The third-order valence-corrected chi connectivity index (χ3v) is 9.52. The predicted octanol–water partition coefficient (Wildman–Crippen LogP) is 6.33. The quantitative estimate of drug-likeness (QED) is 0.319. The summed E-state index contributed by atoms with van der Waals surface area (Å²) in [7, 11) is -8.07. The third kappa shape index (κ3) is 3.95. The largest absolute Gasteiger partial charge is 0.218 e. The molecule has 0 saturated heterocycles. The molecular formula is C24H16Cl2O4S2. The van der Waals surface area contributed by atoms with Crippen LogP contribution in [0.4, 0.5) is 0 Å². The molecule has 0 atom stereocenters. The van der Waals surface area contributed by atoms with Gasteiger partial charge < -0.3 is 0 Å². The van der Waals surface area contributed by atoms with Gasteiger partial charge in [0, 0.05) is 11.1 Å². The average molecular weight is 503 g/mol. The summed E-state index contributed by atoms with van der Waals surface area (Å²) < 4.78 is 53.9. The van der Waals surface area contributed by atoms with Crippen molar-refractivity contribution in [2.75, 3.05) is 0 Å². The van der Waals surface area contributed by atoms with Crippen LogP contribution in [0.15, 0.2) is 117 Å². The molecular weight excluding hydrogens is 487 g/mol. The molecule has 0 amide bonds. The lowest BCUT2D eigenvalue weighted by molar-refractivity contribution is 0.593. The van der Waals surface area contributed by atoms with E-state index >= 15 is 0 Å². The van der Waals surface area contributed by atoms with Crippen molar-refractivity contribution < 1.29 is 16.8 Å². The van der Waals surface area contributed by atoms with E-state index in [0.717, 1.165) is 0 Å². The first-order valence-corrected chi connectivity index (χ1v) is 13.1. The van der Waals surface area contributed by atoms with Crippen molar-refractivity contribution in [3.63, 3.8) is 0 Å². The van der Waals surface area contributed by atoms with Gasteiger partial charge >= 0.3 is 0 Å². The highest BCUT2D eigenvalue weighted by Gasteiger charge is 2.28. The van der Waals surface area contributed by atoms with Gasteiger partial charge in [0.25, 0.3) is 0 Å². The highest BCUT2D eigenvalue weighted by molar-refractivity contribution is 7.92. The molecule has 162 valence electrons. The summed E-state index contributed by atoms with van der Waals surface area (Å²) in [6, 6.07) is 24.7. The first-order chi connectivity index (χ1) is 15.2. The van der Waals surface area contributed by atoms with Gasteiger partial charge in [-0.3, -0.25) is 0 Å². The Labute approximate surface area is 196 Å². The van der Waals surface area contributed by atoms with Crippen LogP contribution in [-0.4, -0.2) is 16.8 Å². The predicted molar refractivity (Wildman–Crippen MR) is 126 cm³/mol. The molecule has 0 fully saturated rings. The van der Waals surface area contributed by atoms with Crippen molar-refractivity contribution in [1.82, 2.24) is 0 Å². The van der Waals surface area contributed by atoms with Crippen LogP contribution in [0.25, 0.3) is 11.1 Å². The van der Waals surface area contributed by atoms with Crippen molar-refractivity contribution in [2.45, 2.75) is 19.6 Å². The summed E-state index contributed by atoms with van der Waals surface area (Å²) in [6.45, 7) is 0. The molecule has 0 saturated carbocycles. The zero-order valence-electron chi connectivity index (χ0n) is 16.4. The summed E-state index contributed by atoms with van der Waals surface area (Å²) in [5.41, 5.74) is 0.497. The number of sulfone groups is 2. The summed E-state index contributed by atoms with van der Waals surface area (Å²) in [6.07, 6.45) is 0. The minimum Gasteiger partial charge on any atom is -0.218 e. The minimum atomic E-state index is -4.04. The molecule has 0 N–H and O–H groups in total. The molecule has 0 heterocycles. The van der Waals surface area contributed by atoms with Gasteiger partial charge in [-0.05, 0) is 36.4 Å². The summed E-state index contributed by atoms with van der Waals surface area (Å²) in [5, 5.41) is 0.165. The second-order valence-electron chi connectivity index (χ2n) is 6.86. The second-order valence-corrected chi connectivity index (χ2v) is 11.4. The lowest BCUT2D eigenvalue weighted by atomic mass is 10.1. The Hall–Kier alpha value is -2.64. The van der Waals surface area contributed by atoms with Crippen LogP contribution in [0.5, 0.6) is 0 Å². The van der Waals surface area contributed by atoms with Crippen LogP contribution in [0.3, 0.4) is 0 Å². The van der Waals surface area contributed by atoms with E-state index in [1.54, 1.807) is 60.7 Å². The number of halogens is 2. The normalized spacial score (nSPS) is 11.9. The first-order valence-electron chi connectivity index (χ1n) is 9.42. The molecule has 0 unspecified atom stereocenters. The third-order valence-electron chi connectivity index (χ3n) is 4.90. The average Bonchev–Trinajstić information content (AvgIpc) is 2.79. The standard InChI is InChI=1S/C24H16Cl2O4S2/c25-19-11-3-7-15-23(19)31(27,28)21-13-5-1-9-17(21)18-10-2-6-14-22(18)32(29,30)24-16-8-4-12-20(24)26/h1-16H. The number of hydrogen-bond donors (Lipinski definition) is 0. The van der Waals surface area contributed by atoms with E-state index in [4.69, 9.17) is 23.2 Å². The van der Waals surface area contributed by atoms with Crippen LogP contribution in [-0.2, 0) is 19.7 Å². The van der Waals surface area contributed by atoms with Crippen molar-refractivity contribution >= 4 is 42.9 Å². The van der Waals surface area contributed by atoms with E-state index in [0.29, 0.717) is 0 Å². The molecule has 4 aromatic rings. The highest BCUT2D eigenvalue weighted by atomic mass is 35.5. The van der Waals surface area contributed by atoms with Gasteiger partial charge in [-0.15, -0.1) is 0 Å². The molecule has 0 bridgehead atoms. The van der Waals surface area contributed by atoms with E-state index in [-0.39, 0.29) is 40.8 Å². The van der Waals surface area contributed by atoms with Gasteiger partial charge in [0.15, 0.2) is 0 Å². The van der Waals surface area contributed by atoms with E-state index < -0.39 is 19.7 Å². The van der Waals surface area contributed by atoms with Crippen LogP contribution in [0.1, 0.15) is 0 Å². The smallest absolute Gasteiger partial charge is 0.208 e. The maximum atomic E-state index is 13.5. The summed E-state index contributed by atoms with van der Waals surface area (Å²) in [4.78, 5) is -0.203. The van der Waals surface area contributed by atoms with Crippen LogP contribution >= 0.6 is 23.2 Å². The highest BCUT2D eigenvalue weighted by Crippen LogP contribution is 2.39. The molecule has 0 aliphatic carbocycles. The summed E-state index contributed by atoms with van der Waals surface area (Å²) in [5.74, 6) is 0. The molecule has 32 heavy (non-hydrogen) atoms. The number of rotatable bonds is 5. The van der Waals surface area contributed by atoms with Crippen molar-refractivity contribution in [1.29, 1.82) is 0 Å². The lowest BCUT2D eigenvalue weighted by Crippen LogP contribution is -2.08. The zero-order valence-corrected chi connectivity index (χ0v) is 19.6. The monoisotopic (exact) mass is 502 g/mol. The first kappa shape index (κ1) is 22.6. The molecule has 4 aromatic carbocycles. The fraction of sp³-hybridized carbons (Fsp3) is 0. The second kappa shape index (κ2) is 8.71. The maximum absolute atomic E-state index is 13.5. The summed E-state index contributed by atoms with van der Waals surface area (Å²) >= 11 is 12.3. The molecule has 4 nitrogen and oxygen atoms in total. The van der Waals surface area contributed by atoms with Gasteiger partial charge in [-0.1, -0.05) is 83.9 Å². The Kier molecular flexibility index (Phi) is 6.14. The Morgan fingerprint density at radius 1 is 0.406 bits per heavy atom. The molecule has 0 radical (unpaired) electrons. The molecule has 8 heteroatoms. The lowest BCUT2D eigenvalue weighted by Gasteiger charge is -2.15. The Bertz CT molecular complexity index is 1410. The van der Waals surface area contributed by atoms with Crippen LogP contribution in [0, 0.1) is 0 Å². The van der Waals surface area contributed by atoms with Crippen LogP contribution < -0.4 is 0 Å². The van der Waals surface area contributed by atoms with E-state index in [1.807, 2.05) is 0 Å². The van der Waals surface area contributed by atoms with E-state index in [9.17, 15) is 16.8 Å². The van der Waals surface area contributed by atoms with Gasteiger partial charge in [0.05, 0.1) is 29.6 Å². The van der Waals surface area contributed by atoms with Crippen molar-refractivity contribution in [3.05, 3.63) is 107 Å². The zero-order chi connectivity index (χ0) is 22.9. The minimum absolute atomic E-state index is 0.0464. The van der Waals surface area contributed by atoms with Crippen molar-refractivity contribution in [2.24, 2.45) is 0 Å². The fourth-order valence-corrected chi connectivity index (χ4v) is 7.38. The van der Waals surface area contributed by atoms with Gasteiger partial charge in [-0.25, -0.2) is 16.8 Å². The topological polar surface area (TPSA) is 68.3 Å². The van der Waals surface area contributed by atoms with Crippen LogP contribution in [0.2, 0.25) is 10.0 Å². The fourth-order valence-electron chi connectivity index (χ4n) is 3.41. The van der Waals surface area contributed by atoms with E-state index in [1.165, 1.54) is 36.4 Å².